The Morgan fingerprint density at radius 3 is 2.44 bits per heavy atom. The number of ketones is 1. The molecule has 0 bridgehead atoms. The SMILES string of the molecule is CC(=O)c1cc2ccc(OC(=O)C=C(C)C=CC=C(C)C=CC3=C(C)CCCC3(C)C)c(C(=O)O)c2oc1=O. The number of carbonyl (C=O) groups is 3. The molecule has 0 radical (unpaired) electrons. The molecular weight excluding hydrogens is 496 g/mol. The van der Waals surface area contributed by atoms with Gasteiger partial charge in [-0.1, -0.05) is 55.4 Å². The van der Waals surface area contributed by atoms with Gasteiger partial charge in [0.2, 0.25) is 0 Å². The molecule has 0 amide bonds. The number of carboxylic acid groups (broad SMARTS) is 1. The highest BCUT2D eigenvalue weighted by molar-refractivity contribution is 6.06. The highest BCUT2D eigenvalue weighted by Crippen LogP contribution is 2.40. The van der Waals surface area contributed by atoms with Gasteiger partial charge >= 0.3 is 17.6 Å². The molecule has 0 saturated heterocycles. The molecule has 1 aromatic carbocycles. The lowest BCUT2D eigenvalue weighted by Gasteiger charge is -2.32. The number of fused-ring (bicyclic) bond motifs is 1. The lowest BCUT2D eigenvalue weighted by Crippen LogP contribution is -2.19. The Balaban J connectivity index is 1.76. The van der Waals surface area contributed by atoms with Crippen LogP contribution in [0.25, 0.3) is 11.0 Å². The van der Waals surface area contributed by atoms with Crippen LogP contribution in [0.15, 0.2) is 86.2 Å². The van der Waals surface area contributed by atoms with Crippen molar-refractivity contribution in [1.29, 1.82) is 0 Å². The molecule has 1 aliphatic rings. The van der Waals surface area contributed by atoms with Gasteiger partial charge in [-0.2, -0.15) is 0 Å². The third-order valence-corrected chi connectivity index (χ3v) is 6.79. The second-order valence-corrected chi connectivity index (χ2v) is 10.5. The van der Waals surface area contributed by atoms with Gasteiger partial charge in [-0.15, -0.1) is 0 Å². The standard InChI is InChI=1S/C32H34O7/c1-19(12-14-25-21(3)11-8-16-32(25,5)6)9-7-10-20(2)17-27(34)38-26-15-13-23-18-24(22(4)33)31(37)39-29(23)28(26)30(35)36/h7,9-10,12-15,17-18H,8,11,16H2,1-6H3,(H,35,36). The van der Waals surface area contributed by atoms with E-state index in [0.717, 1.165) is 12.0 Å². The molecule has 1 aromatic heterocycles. The van der Waals surface area contributed by atoms with Crippen molar-refractivity contribution in [2.24, 2.45) is 5.41 Å². The highest BCUT2D eigenvalue weighted by atomic mass is 16.5. The van der Waals surface area contributed by atoms with E-state index < -0.39 is 28.9 Å². The number of ether oxygens (including phenoxy) is 1. The van der Waals surface area contributed by atoms with Crippen LogP contribution in [0, 0.1) is 5.41 Å². The van der Waals surface area contributed by atoms with E-state index in [1.54, 1.807) is 13.0 Å². The predicted octanol–water partition coefficient (Wildman–Crippen LogP) is 7.13. The molecule has 0 unspecified atom stereocenters. The summed E-state index contributed by atoms with van der Waals surface area (Å²) in [4.78, 5) is 48.2. The van der Waals surface area contributed by atoms with Gasteiger partial charge in [0, 0.05) is 11.5 Å². The Labute approximate surface area is 227 Å². The third-order valence-electron chi connectivity index (χ3n) is 6.79. The quantitative estimate of drug-likeness (QED) is 0.0965. The highest BCUT2D eigenvalue weighted by Gasteiger charge is 2.26. The van der Waals surface area contributed by atoms with Crippen LogP contribution in [0.3, 0.4) is 0 Å². The summed E-state index contributed by atoms with van der Waals surface area (Å²) >= 11 is 0. The number of Topliss-reactive ketones (excluding diaryl/α,β-unsaturated/α-hetero) is 1. The summed E-state index contributed by atoms with van der Waals surface area (Å²) < 4.78 is 10.4. The molecule has 0 aliphatic heterocycles. The van der Waals surface area contributed by atoms with Crippen molar-refractivity contribution in [1.82, 2.24) is 0 Å². The van der Waals surface area contributed by atoms with Crippen LogP contribution in [0.1, 0.15) is 81.5 Å². The number of allylic oxidation sites excluding steroid dienone is 9. The van der Waals surface area contributed by atoms with Crippen LogP contribution in [0.4, 0.5) is 0 Å². The number of carbonyl (C=O) groups excluding carboxylic acids is 2. The normalized spacial score (nSPS) is 16.4. The van der Waals surface area contributed by atoms with Crippen molar-refractivity contribution >= 4 is 28.7 Å². The average molecular weight is 531 g/mol. The van der Waals surface area contributed by atoms with Crippen LogP contribution < -0.4 is 10.4 Å². The molecule has 204 valence electrons. The second-order valence-electron chi connectivity index (χ2n) is 10.5. The molecule has 2 aromatic rings. The second kappa shape index (κ2) is 12.1. The molecule has 0 fully saturated rings. The Bertz CT molecular complexity index is 1540. The summed E-state index contributed by atoms with van der Waals surface area (Å²) in [7, 11) is 0. The molecule has 7 nitrogen and oxygen atoms in total. The molecule has 0 spiro atoms. The van der Waals surface area contributed by atoms with E-state index in [9.17, 15) is 24.3 Å². The first kappa shape index (κ1) is 29.3. The van der Waals surface area contributed by atoms with E-state index in [-0.39, 0.29) is 27.7 Å². The van der Waals surface area contributed by atoms with Gasteiger partial charge in [0.15, 0.2) is 11.4 Å². The zero-order valence-corrected chi connectivity index (χ0v) is 23.2. The Hall–Kier alpha value is -4.26. The summed E-state index contributed by atoms with van der Waals surface area (Å²) in [6.45, 7) is 11.7. The largest absolute Gasteiger partial charge is 0.477 e. The fourth-order valence-corrected chi connectivity index (χ4v) is 4.70. The van der Waals surface area contributed by atoms with E-state index in [4.69, 9.17) is 9.15 Å². The third kappa shape index (κ3) is 7.19. The fraction of sp³-hybridized carbons (Fsp3) is 0.312. The van der Waals surface area contributed by atoms with Gasteiger partial charge in [-0.3, -0.25) is 4.79 Å². The Kier molecular flexibility index (Phi) is 9.07. The lowest BCUT2D eigenvalue weighted by atomic mass is 9.72. The first-order valence-electron chi connectivity index (χ1n) is 12.8. The zero-order valence-electron chi connectivity index (χ0n) is 23.2. The maximum absolute atomic E-state index is 12.5. The number of hydrogen-bond donors (Lipinski definition) is 1. The van der Waals surface area contributed by atoms with Crippen molar-refractivity contribution in [2.75, 3.05) is 0 Å². The van der Waals surface area contributed by atoms with Crippen molar-refractivity contribution in [3.8, 4) is 5.75 Å². The summed E-state index contributed by atoms with van der Waals surface area (Å²) in [5.74, 6) is -3.01. The van der Waals surface area contributed by atoms with E-state index in [0.29, 0.717) is 5.57 Å². The number of rotatable bonds is 8. The van der Waals surface area contributed by atoms with Gasteiger partial charge in [0.05, 0.1) is 0 Å². The molecule has 7 heteroatoms. The number of carboxylic acids is 1. The Morgan fingerprint density at radius 1 is 1.08 bits per heavy atom. The summed E-state index contributed by atoms with van der Waals surface area (Å²) in [5, 5.41) is 9.93. The van der Waals surface area contributed by atoms with E-state index >= 15 is 0 Å². The van der Waals surface area contributed by atoms with Crippen molar-refractivity contribution in [3.05, 3.63) is 98.5 Å². The molecule has 3 rings (SSSR count). The van der Waals surface area contributed by atoms with E-state index in [2.05, 4.69) is 32.9 Å². The Morgan fingerprint density at radius 2 is 1.79 bits per heavy atom. The monoisotopic (exact) mass is 530 g/mol. The van der Waals surface area contributed by atoms with Gasteiger partial charge in [0.1, 0.15) is 16.9 Å². The molecule has 0 atom stereocenters. The minimum absolute atomic E-state index is 0.170. The topological polar surface area (TPSA) is 111 Å². The predicted molar refractivity (Wildman–Crippen MR) is 151 cm³/mol. The molecule has 1 aliphatic carbocycles. The number of benzene rings is 1. The van der Waals surface area contributed by atoms with Crippen LogP contribution in [-0.2, 0) is 4.79 Å². The van der Waals surface area contributed by atoms with Gasteiger partial charge in [0.25, 0.3) is 0 Å². The van der Waals surface area contributed by atoms with Crippen LogP contribution >= 0.6 is 0 Å². The first-order chi connectivity index (χ1) is 18.3. The summed E-state index contributed by atoms with van der Waals surface area (Å²) in [5.41, 5.74) is 2.72. The maximum atomic E-state index is 12.5. The van der Waals surface area contributed by atoms with Gasteiger partial charge < -0.3 is 14.3 Å². The minimum atomic E-state index is -1.45. The van der Waals surface area contributed by atoms with Crippen molar-refractivity contribution < 1.29 is 28.6 Å². The molecule has 1 heterocycles. The van der Waals surface area contributed by atoms with Crippen LogP contribution in [-0.4, -0.2) is 22.8 Å². The molecule has 0 saturated carbocycles. The molecule has 39 heavy (non-hydrogen) atoms. The number of esters is 1. The minimum Gasteiger partial charge on any atom is -0.477 e. The first-order valence-corrected chi connectivity index (χ1v) is 12.8. The fourth-order valence-electron chi connectivity index (χ4n) is 4.70. The number of aromatic carboxylic acids is 1. The van der Waals surface area contributed by atoms with Gasteiger partial charge in [-0.05, 0) is 81.7 Å². The van der Waals surface area contributed by atoms with E-state index in [1.807, 2.05) is 19.1 Å². The number of hydrogen-bond acceptors (Lipinski definition) is 6. The van der Waals surface area contributed by atoms with Gasteiger partial charge in [-0.25, -0.2) is 14.4 Å². The maximum Gasteiger partial charge on any atom is 0.347 e. The van der Waals surface area contributed by atoms with Crippen LogP contribution in [0.2, 0.25) is 0 Å². The zero-order chi connectivity index (χ0) is 28.9. The molecular formula is C32H34O7. The van der Waals surface area contributed by atoms with Crippen molar-refractivity contribution in [3.63, 3.8) is 0 Å². The molecule has 1 N–H and O–H groups in total. The smallest absolute Gasteiger partial charge is 0.347 e. The average Bonchev–Trinajstić information content (AvgIpc) is 2.82. The summed E-state index contributed by atoms with van der Waals surface area (Å²) in [6, 6.07) is 3.97. The summed E-state index contributed by atoms with van der Waals surface area (Å²) in [6.07, 6.45) is 14.6. The lowest BCUT2D eigenvalue weighted by molar-refractivity contribution is -0.129. The van der Waals surface area contributed by atoms with Crippen molar-refractivity contribution in [2.45, 2.75) is 60.8 Å². The van der Waals surface area contributed by atoms with E-state index in [1.165, 1.54) is 55.2 Å². The van der Waals surface area contributed by atoms with Crippen LogP contribution in [0.5, 0.6) is 5.75 Å².